The van der Waals surface area contributed by atoms with E-state index in [1.165, 1.54) is 12.1 Å². The zero-order valence-corrected chi connectivity index (χ0v) is 17.9. The number of nitrogens with zero attached hydrogens (tertiary/aromatic N) is 2. The molecule has 2 saturated heterocycles. The van der Waals surface area contributed by atoms with Crippen LogP contribution in [0.1, 0.15) is 19.3 Å². The van der Waals surface area contributed by atoms with Crippen LogP contribution in [0.4, 0.5) is 14.9 Å². The molecule has 2 aromatic carbocycles. The Hall–Kier alpha value is -2.80. The van der Waals surface area contributed by atoms with Crippen LogP contribution >= 0.6 is 0 Å². The Morgan fingerprint density at radius 3 is 2.58 bits per heavy atom. The summed E-state index contributed by atoms with van der Waals surface area (Å²) in [5.74, 6) is 1.79. The van der Waals surface area contributed by atoms with Crippen LogP contribution in [0.2, 0.25) is 0 Å². The molecule has 6 nitrogen and oxygen atoms in total. The second kappa shape index (κ2) is 10.0. The molecule has 2 aromatic rings. The maximum Gasteiger partial charge on any atom is 0.321 e. The normalized spacial score (nSPS) is 19.9. The summed E-state index contributed by atoms with van der Waals surface area (Å²) >= 11 is 0. The summed E-state index contributed by atoms with van der Waals surface area (Å²) in [5.41, 5.74) is 0.746. The molecule has 31 heavy (non-hydrogen) atoms. The first-order chi connectivity index (χ1) is 15.1. The number of hydrogen-bond acceptors (Lipinski definition) is 4. The molecule has 0 aliphatic carbocycles. The minimum absolute atomic E-state index is 0.0550. The Bertz CT molecular complexity index is 869. The van der Waals surface area contributed by atoms with Gasteiger partial charge in [-0.05, 0) is 61.6 Å². The van der Waals surface area contributed by atoms with Gasteiger partial charge in [0.25, 0.3) is 0 Å². The zero-order chi connectivity index (χ0) is 21.6. The van der Waals surface area contributed by atoms with E-state index in [0.29, 0.717) is 5.92 Å². The van der Waals surface area contributed by atoms with Crippen LogP contribution in [-0.4, -0.2) is 61.8 Å². The van der Waals surface area contributed by atoms with Crippen molar-refractivity contribution in [2.24, 2.45) is 5.92 Å². The number of ether oxygens (including phenoxy) is 2. The van der Waals surface area contributed by atoms with Crippen molar-refractivity contribution >= 4 is 11.7 Å². The highest BCUT2D eigenvalue weighted by atomic mass is 19.1. The second-order valence-corrected chi connectivity index (χ2v) is 8.33. The molecule has 1 atom stereocenters. The molecule has 166 valence electrons. The lowest BCUT2D eigenvalue weighted by Gasteiger charge is -2.34. The molecule has 2 amide bonds. The average molecular weight is 428 g/mol. The van der Waals surface area contributed by atoms with Crippen LogP contribution < -0.4 is 14.8 Å². The number of rotatable bonds is 6. The molecule has 7 heteroatoms. The van der Waals surface area contributed by atoms with Crippen molar-refractivity contribution in [3.8, 4) is 11.5 Å². The number of carbonyl (C=O) groups is 1. The number of piperidine rings is 1. The molecule has 2 aliphatic heterocycles. The molecular weight excluding hydrogens is 397 g/mol. The Balaban J connectivity index is 1.19. The third-order valence-corrected chi connectivity index (χ3v) is 6.08. The number of benzene rings is 2. The summed E-state index contributed by atoms with van der Waals surface area (Å²) < 4.78 is 24.2. The lowest BCUT2D eigenvalue weighted by molar-refractivity contribution is 0.153. The van der Waals surface area contributed by atoms with E-state index in [9.17, 15) is 9.18 Å². The number of likely N-dealkylation sites (tertiary alicyclic amines) is 2. The number of hydrogen-bond donors (Lipinski definition) is 1. The first-order valence-electron chi connectivity index (χ1n) is 10.9. The lowest BCUT2D eigenvalue weighted by atomic mass is 9.96. The predicted molar refractivity (Wildman–Crippen MR) is 118 cm³/mol. The maximum absolute atomic E-state index is 13.0. The topological polar surface area (TPSA) is 54.0 Å². The number of methoxy groups -OCH3 is 1. The van der Waals surface area contributed by atoms with E-state index in [4.69, 9.17) is 9.47 Å². The van der Waals surface area contributed by atoms with Crippen molar-refractivity contribution in [1.82, 2.24) is 9.80 Å². The van der Waals surface area contributed by atoms with Gasteiger partial charge in [0.1, 0.15) is 23.4 Å². The average Bonchev–Trinajstić information content (AvgIpc) is 3.22. The number of nitrogens with one attached hydrogen (secondary N) is 1. The SMILES string of the molecule is COc1cccc(NC(=O)N2CCC(CN3CCC(Oc4ccc(F)cc4)C3)CC2)c1. The molecule has 2 aliphatic rings. The lowest BCUT2D eigenvalue weighted by Crippen LogP contribution is -2.43. The van der Waals surface area contributed by atoms with E-state index in [0.717, 1.165) is 69.2 Å². The molecule has 4 rings (SSSR count). The second-order valence-electron chi connectivity index (χ2n) is 8.33. The summed E-state index contributed by atoms with van der Waals surface area (Å²) in [6.07, 6.45) is 3.15. The van der Waals surface area contributed by atoms with Crippen molar-refractivity contribution in [2.75, 3.05) is 45.2 Å². The Kier molecular flexibility index (Phi) is 6.92. The molecule has 2 heterocycles. The van der Waals surface area contributed by atoms with Crippen LogP contribution in [0.15, 0.2) is 48.5 Å². The highest BCUT2D eigenvalue weighted by Gasteiger charge is 2.29. The fourth-order valence-corrected chi connectivity index (χ4v) is 4.35. The van der Waals surface area contributed by atoms with Gasteiger partial charge in [-0.2, -0.15) is 0 Å². The van der Waals surface area contributed by atoms with E-state index in [1.54, 1.807) is 19.2 Å². The maximum atomic E-state index is 13.0. The van der Waals surface area contributed by atoms with Gasteiger partial charge in [-0.15, -0.1) is 0 Å². The summed E-state index contributed by atoms with van der Waals surface area (Å²) in [4.78, 5) is 16.9. The quantitative estimate of drug-likeness (QED) is 0.750. The molecule has 1 unspecified atom stereocenters. The molecule has 0 bridgehead atoms. The first kappa shape index (κ1) is 21.4. The number of carbonyl (C=O) groups excluding carboxylic acids is 1. The minimum atomic E-state index is -0.246. The monoisotopic (exact) mass is 427 g/mol. The Labute approximate surface area is 182 Å². The van der Waals surface area contributed by atoms with Gasteiger partial charge in [0.15, 0.2) is 0 Å². The highest BCUT2D eigenvalue weighted by molar-refractivity contribution is 5.89. The van der Waals surface area contributed by atoms with Gasteiger partial charge in [0.2, 0.25) is 0 Å². The van der Waals surface area contributed by atoms with Crippen LogP contribution in [0.25, 0.3) is 0 Å². The largest absolute Gasteiger partial charge is 0.497 e. The molecule has 1 N–H and O–H groups in total. The van der Waals surface area contributed by atoms with Crippen molar-refractivity contribution < 1.29 is 18.7 Å². The van der Waals surface area contributed by atoms with Gasteiger partial charge in [-0.1, -0.05) is 6.07 Å². The standard InChI is InChI=1S/C24H30FN3O3/c1-30-22-4-2-3-20(15-22)26-24(29)28-13-9-18(10-14-28)16-27-12-11-23(17-27)31-21-7-5-19(25)6-8-21/h2-8,15,18,23H,9-14,16-17H2,1H3,(H,26,29). The highest BCUT2D eigenvalue weighted by Crippen LogP contribution is 2.24. The fraction of sp³-hybridized carbons (Fsp3) is 0.458. The van der Waals surface area contributed by atoms with Gasteiger partial charge in [0.05, 0.1) is 7.11 Å². The third-order valence-electron chi connectivity index (χ3n) is 6.08. The molecule has 0 saturated carbocycles. The van der Waals surface area contributed by atoms with Gasteiger partial charge in [-0.3, -0.25) is 4.90 Å². The zero-order valence-electron chi connectivity index (χ0n) is 17.9. The van der Waals surface area contributed by atoms with Gasteiger partial charge >= 0.3 is 6.03 Å². The van der Waals surface area contributed by atoms with E-state index < -0.39 is 0 Å². The van der Waals surface area contributed by atoms with E-state index in [1.807, 2.05) is 29.2 Å². The molecule has 0 radical (unpaired) electrons. The number of anilines is 1. The summed E-state index contributed by atoms with van der Waals surface area (Å²) in [7, 11) is 1.61. The van der Waals surface area contributed by atoms with Crippen molar-refractivity contribution in [3.63, 3.8) is 0 Å². The Morgan fingerprint density at radius 1 is 1.06 bits per heavy atom. The number of halogens is 1. The van der Waals surface area contributed by atoms with Crippen LogP contribution in [0.5, 0.6) is 11.5 Å². The van der Waals surface area contributed by atoms with Crippen molar-refractivity contribution in [1.29, 1.82) is 0 Å². The Morgan fingerprint density at radius 2 is 1.84 bits per heavy atom. The van der Waals surface area contributed by atoms with Crippen molar-refractivity contribution in [3.05, 3.63) is 54.3 Å². The number of amides is 2. The van der Waals surface area contributed by atoms with Crippen LogP contribution in [0.3, 0.4) is 0 Å². The van der Waals surface area contributed by atoms with E-state index in [2.05, 4.69) is 10.2 Å². The van der Waals surface area contributed by atoms with E-state index >= 15 is 0 Å². The first-order valence-corrected chi connectivity index (χ1v) is 10.9. The van der Waals surface area contributed by atoms with Gasteiger partial charge < -0.3 is 19.7 Å². The fourth-order valence-electron chi connectivity index (χ4n) is 4.35. The summed E-state index contributed by atoms with van der Waals surface area (Å²) in [6, 6.07) is 13.6. The molecule has 2 fully saturated rings. The molecule has 0 aromatic heterocycles. The predicted octanol–water partition coefficient (Wildman–Crippen LogP) is 4.23. The smallest absolute Gasteiger partial charge is 0.321 e. The molecular formula is C24H30FN3O3. The van der Waals surface area contributed by atoms with Crippen molar-refractivity contribution in [2.45, 2.75) is 25.4 Å². The summed E-state index contributed by atoms with van der Waals surface area (Å²) in [5, 5.41) is 2.96. The van der Waals surface area contributed by atoms with E-state index in [-0.39, 0.29) is 18.0 Å². The number of urea groups is 1. The van der Waals surface area contributed by atoms with Crippen LogP contribution in [-0.2, 0) is 0 Å². The third kappa shape index (κ3) is 5.88. The summed E-state index contributed by atoms with van der Waals surface area (Å²) in [6.45, 7) is 4.48. The van der Waals surface area contributed by atoms with Crippen LogP contribution in [0, 0.1) is 11.7 Å². The van der Waals surface area contributed by atoms with Gasteiger partial charge in [0, 0.05) is 44.5 Å². The molecule has 0 spiro atoms. The van der Waals surface area contributed by atoms with Gasteiger partial charge in [-0.25, -0.2) is 9.18 Å². The minimum Gasteiger partial charge on any atom is -0.497 e.